The highest BCUT2D eigenvalue weighted by molar-refractivity contribution is 14.0. The van der Waals surface area contributed by atoms with Crippen LogP contribution in [0.2, 0.25) is 0 Å². The van der Waals surface area contributed by atoms with Crippen LogP contribution >= 0.6 is 24.0 Å². The number of piperidine rings is 1. The Morgan fingerprint density at radius 3 is 2.46 bits per heavy atom. The quantitative estimate of drug-likeness (QED) is 0.343. The lowest BCUT2D eigenvalue weighted by atomic mass is 10.0. The van der Waals surface area contributed by atoms with Crippen molar-refractivity contribution in [1.82, 2.24) is 20.4 Å². The summed E-state index contributed by atoms with van der Waals surface area (Å²) in [7, 11) is 3.52. The summed E-state index contributed by atoms with van der Waals surface area (Å²) in [6, 6.07) is 11.3. The molecular formula is C21H36IN5O. The van der Waals surface area contributed by atoms with Crippen molar-refractivity contribution in [1.29, 1.82) is 0 Å². The summed E-state index contributed by atoms with van der Waals surface area (Å²) in [6.07, 6.45) is 3.17. The number of likely N-dealkylation sites (N-methyl/N-ethyl adjacent to an activating group) is 1. The Morgan fingerprint density at radius 2 is 1.89 bits per heavy atom. The molecule has 0 aromatic heterocycles. The number of rotatable bonds is 7. The monoisotopic (exact) mass is 501 g/mol. The molecule has 1 amide bonds. The Morgan fingerprint density at radius 1 is 1.25 bits per heavy atom. The number of hydrogen-bond acceptors (Lipinski definition) is 3. The van der Waals surface area contributed by atoms with Crippen LogP contribution in [-0.2, 0) is 11.3 Å². The van der Waals surface area contributed by atoms with Crippen molar-refractivity contribution in [2.24, 2.45) is 4.99 Å². The molecule has 7 heteroatoms. The molecule has 0 radical (unpaired) electrons. The summed E-state index contributed by atoms with van der Waals surface area (Å²) in [5.74, 6) is 0.763. The van der Waals surface area contributed by atoms with Gasteiger partial charge in [0.1, 0.15) is 6.54 Å². The average Bonchev–Trinajstić information content (AvgIpc) is 2.67. The molecule has 0 bridgehead atoms. The second kappa shape index (κ2) is 13.0. The van der Waals surface area contributed by atoms with E-state index in [1.165, 1.54) is 5.56 Å². The minimum absolute atomic E-state index is 0. The van der Waals surface area contributed by atoms with Crippen LogP contribution in [0.1, 0.15) is 38.7 Å². The first-order valence-electron chi connectivity index (χ1n) is 10.0. The smallest absolute Gasteiger partial charge is 0.243 e. The van der Waals surface area contributed by atoms with Gasteiger partial charge in [0.05, 0.1) is 0 Å². The number of aliphatic imine (C=N–C) groups is 1. The molecule has 28 heavy (non-hydrogen) atoms. The van der Waals surface area contributed by atoms with E-state index in [1.54, 1.807) is 19.0 Å². The first-order valence-corrected chi connectivity index (χ1v) is 10.0. The lowest BCUT2D eigenvalue weighted by Crippen LogP contribution is -2.50. The third kappa shape index (κ3) is 8.77. The minimum Gasteiger partial charge on any atom is -0.354 e. The number of likely N-dealkylation sites (tertiary alicyclic amines) is 1. The maximum Gasteiger partial charge on any atom is 0.243 e. The van der Waals surface area contributed by atoms with E-state index in [0.717, 1.165) is 44.9 Å². The summed E-state index contributed by atoms with van der Waals surface area (Å²) in [6.45, 7) is 7.60. The zero-order valence-electron chi connectivity index (χ0n) is 17.6. The molecule has 1 aromatic rings. The third-order valence-electron chi connectivity index (χ3n) is 5.04. The number of hydrogen-bond donors (Lipinski definition) is 2. The summed E-state index contributed by atoms with van der Waals surface area (Å²) >= 11 is 0. The molecule has 1 saturated heterocycles. The molecule has 1 heterocycles. The third-order valence-corrected chi connectivity index (χ3v) is 5.04. The summed E-state index contributed by atoms with van der Waals surface area (Å²) in [5, 5.41) is 6.96. The van der Waals surface area contributed by atoms with Gasteiger partial charge in [0, 0.05) is 45.8 Å². The Hall–Kier alpha value is -1.35. The molecule has 1 atom stereocenters. The highest BCUT2D eigenvalue weighted by Gasteiger charge is 2.20. The maximum absolute atomic E-state index is 11.9. The van der Waals surface area contributed by atoms with Crippen molar-refractivity contribution < 1.29 is 4.79 Å². The van der Waals surface area contributed by atoms with E-state index < -0.39 is 0 Å². The van der Waals surface area contributed by atoms with Crippen LogP contribution in [-0.4, -0.2) is 67.5 Å². The standard InChI is InChI=1S/C21H35N5O.HI/c1-5-17(2)23-21(22-15-20(27)25(3)4)24-19-11-13-26(14-12-19)16-18-9-7-6-8-10-18;/h6-10,17,19H,5,11-16H2,1-4H3,(H2,22,23,24);1H. The minimum atomic E-state index is 0. The van der Waals surface area contributed by atoms with Gasteiger partial charge in [-0.3, -0.25) is 9.69 Å². The number of nitrogens with zero attached hydrogens (tertiary/aromatic N) is 3. The highest BCUT2D eigenvalue weighted by atomic mass is 127. The van der Waals surface area contributed by atoms with Crippen LogP contribution in [0.25, 0.3) is 0 Å². The number of amides is 1. The Labute approximate surface area is 187 Å². The molecule has 1 unspecified atom stereocenters. The molecule has 2 rings (SSSR count). The van der Waals surface area contributed by atoms with Gasteiger partial charge in [0.2, 0.25) is 5.91 Å². The van der Waals surface area contributed by atoms with Crippen molar-refractivity contribution in [3.05, 3.63) is 35.9 Å². The number of carbonyl (C=O) groups excluding carboxylic acids is 1. The normalized spacial score (nSPS) is 16.8. The summed E-state index contributed by atoms with van der Waals surface area (Å²) in [5.41, 5.74) is 1.37. The van der Waals surface area contributed by atoms with E-state index in [9.17, 15) is 4.79 Å². The van der Waals surface area contributed by atoms with Crippen molar-refractivity contribution >= 4 is 35.8 Å². The first kappa shape index (κ1) is 24.7. The average molecular weight is 501 g/mol. The van der Waals surface area contributed by atoms with E-state index in [-0.39, 0.29) is 36.4 Å². The van der Waals surface area contributed by atoms with Crippen LogP contribution in [0.4, 0.5) is 0 Å². The Bertz CT molecular complexity index is 600. The van der Waals surface area contributed by atoms with E-state index in [4.69, 9.17) is 0 Å². The molecular weight excluding hydrogens is 465 g/mol. The molecule has 0 aliphatic carbocycles. The van der Waals surface area contributed by atoms with Crippen molar-refractivity contribution in [2.75, 3.05) is 33.7 Å². The topological polar surface area (TPSA) is 60.0 Å². The molecule has 1 aliphatic heterocycles. The van der Waals surface area contributed by atoms with Gasteiger partial charge >= 0.3 is 0 Å². The van der Waals surface area contributed by atoms with E-state index >= 15 is 0 Å². The van der Waals surface area contributed by atoms with Crippen LogP contribution in [0.5, 0.6) is 0 Å². The van der Waals surface area contributed by atoms with Crippen LogP contribution in [0, 0.1) is 0 Å². The van der Waals surface area contributed by atoms with Crippen molar-refractivity contribution in [2.45, 2.75) is 51.7 Å². The first-order chi connectivity index (χ1) is 13.0. The summed E-state index contributed by atoms with van der Waals surface area (Å²) < 4.78 is 0. The van der Waals surface area contributed by atoms with Gasteiger partial charge < -0.3 is 15.5 Å². The second-order valence-electron chi connectivity index (χ2n) is 7.59. The van der Waals surface area contributed by atoms with Gasteiger partial charge in [0.25, 0.3) is 0 Å². The molecule has 2 N–H and O–H groups in total. The van der Waals surface area contributed by atoms with Gasteiger partial charge in [-0.05, 0) is 31.7 Å². The fraction of sp³-hybridized carbons (Fsp3) is 0.619. The summed E-state index contributed by atoms with van der Waals surface area (Å²) in [4.78, 5) is 20.4. The number of halogens is 1. The van der Waals surface area contributed by atoms with Crippen LogP contribution in [0.15, 0.2) is 35.3 Å². The maximum atomic E-state index is 11.9. The molecule has 1 aliphatic rings. The molecule has 0 saturated carbocycles. The zero-order valence-corrected chi connectivity index (χ0v) is 20.0. The van der Waals surface area contributed by atoms with E-state index in [1.807, 2.05) is 0 Å². The fourth-order valence-electron chi connectivity index (χ4n) is 3.03. The number of guanidine groups is 1. The SMILES string of the molecule is CCC(C)NC(=NCC(=O)N(C)C)NC1CCN(Cc2ccccc2)CC1.I. The second-order valence-corrected chi connectivity index (χ2v) is 7.59. The zero-order chi connectivity index (χ0) is 19.6. The van der Waals surface area contributed by atoms with Gasteiger partial charge in [-0.15, -0.1) is 24.0 Å². The lowest BCUT2D eigenvalue weighted by molar-refractivity contribution is -0.127. The molecule has 1 aromatic carbocycles. The predicted molar refractivity (Wildman–Crippen MR) is 127 cm³/mol. The van der Waals surface area contributed by atoms with Crippen LogP contribution < -0.4 is 10.6 Å². The molecule has 0 spiro atoms. The van der Waals surface area contributed by atoms with Gasteiger partial charge in [-0.25, -0.2) is 4.99 Å². The van der Waals surface area contributed by atoms with Crippen LogP contribution in [0.3, 0.4) is 0 Å². The van der Waals surface area contributed by atoms with E-state index in [0.29, 0.717) is 12.1 Å². The largest absolute Gasteiger partial charge is 0.354 e. The van der Waals surface area contributed by atoms with Crippen molar-refractivity contribution in [3.63, 3.8) is 0 Å². The Balaban J connectivity index is 0.00000392. The number of nitrogens with one attached hydrogen (secondary N) is 2. The lowest BCUT2D eigenvalue weighted by Gasteiger charge is -2.33. The van der Waals surface area contributed by atoms with Gasteiger partial charge in [0.15, 0.2) is 5.96 Å². The van der Waals surface area contributed by atoms with Gasteiger partial charge in [-0.1, -0.05) is 37.3 Å². The fourth-order valence-corrected chi connectivity index (χ4v) is 3.03. The molecule has 158 valence electrons. The number of benzene rings is 1. The van der Waals surface area contributed by atoms with Crippen molar-refractivity contribution in [3.8, 4) is 0 Å². The molecule has 6 nitrogen and oxygen atoms in total. The molecule has 1 fully saturated rings. The predicted octanol–water partition coefficient (Wildman–Crippen LogP) is 2.69. The van der Waals surface area contributed by atoms with E-state index in [2.05, 4.69) is 64.7 Å². The Kier molecular flexibility index (Phi) is 11.4. The number of carbonyl (C=O) groups is 1. The highest BCUT2D eigenvalue weighted by Crippen LogP contribution is 2.13. The van der Waals surface area contributed by atoms with Gasteiger partial charge in [-0.2, -0.15) is 0 Å².